The van der Waals surface area contributed by atoms with Gasteiger partial charge in [0, 0.05) is 17.8 Å². The van der Waals surface area contributed by atoms with E-state index in [1.54, 1.807) is 12.1 Å². The molecule has 0 aliphatic heterocycles. The first kappa shape index (κ1) is 13.5. The molecule has 3 heterocycles. The fourth-order valence-corrected chi connectivity index (χ4v) is 2.00. The molecule has 0 atom stereocenters. The van der Waals surface area contributed by atoms with Gasteiger partial charge in [0.2, 0.25) is 11.7 Å². The van der Waals surface area contributed by atoms with Crippen LogP contribution in [-0.4, -0.2) is 19.9 Å². The first-order valence-electron chi connectivity index (χ1n) is 6.13. The molecule has 9 heteroatoms. The lowest BCUT2D eigenvalue weighted by molar-refractivity contribution is -0.384. The zero-order valence-corrected chi connectivity index (χ0v) is 11.1. The summed E-state index contributed by atoms with van der Waals surface area (Å²) in [5.41, 5.74) is 12.3. The van der Waals surface area contributed by atoms with Gasteiger partial charge in [-0.2, -0.15) is 0 Å². The number of nitrogen functional groups attached to an aromatic ring is 2. The minimum atomic E-state index is -0.601. The van der Waals surface area contributed by atoms with E-state index < -0.39 is 4.92 Å². The molecule has 3 aromatic rings. The van der Waals surface area contributed by atoms with Crippen LogP contribution in [0.3, 0.4) is 0 Å². The molecular weight excluding hydrogens is 288 g/mol. The number of aromatic nitrogens is 3. The van der Waals surface area contributed by atoms with Crippen molar-refractivity contribution in [3.63, 3.8) is 0 Å². The average Bonchev–Trinajstić information content (AvgIpc) is 3.00. The molecule has 110 valence electrons. The van der Waals surface area contributed by atoms with E-state index in [4.69, 9.17) is 15.9 Å². The van der Waals surface area contributed by atoms with Crippen molar-refractivity contribution >= 4 is 17.3 Å². The van der Waals surface area contributed by atoms with Crippen LogP contribution < -0.4 is 11.5 Å². The van der Waals surface area contributed by atoms with Crippen LogP contribution in [0.1, 0.15) is 0 Å². The van der Waals surface area contributed by atoms with Crippen molar-refractivity contribution in [1.82, 2.24) is 15.0 Å². The van der Waals surface area contributed by atoms with Crippen LogP contribution in [-0.2, 0) is 0 Å². The van der Waals surface area contributed by atoms with Crippen LogP contribution in [0.25, 0.3) is 22.7 Å². The summed E-state index contributed by atoms with van der Waals surface area (Å²) in [5, 5.41) is 11.1. The van der Waals surface area contributed by atoms with Crippen molar-refractivity contribution in [2.45, 2.75) is 0 Å². The average molecular weight is 298 g/mol. The van der Waals surface area contributed by atoms with Crippen molar-refractivity contribution in [1.29, 1.82) is 0 Å². The number of hydrogen-bond acceptors (Lipinski definition) is 8. The highest BCUT2D eigenvalue weighted by molar-refractivity contribution is 5.82. The predicted octanol–water partition coefficient (Wildman–Crippen LogP) is 1.87. The molecule has 0 radical (unpaired) electrons. The molecule has 0 saturated heterocycles. The number of nitro groups is 1. The zero-order valence-electron chi connectivity index (χ0n) is 11.1. The summed E-state index contributed by atoms with van der Waals surface area (Å²) in [6.45, 7) is 0. The molecule has 22 heavy (non-hydrogen) atoms. The monoisotopic (exact) mass is 298 g/mol. The Morgan fingerprint density at radius 3 is 2.64 bits per heavy atom. The second kappa shape index (κ2) is 5.13. The Morgan fingerprint density at radius 2 is 2.00 bits per heavy atom. The van der Waals surface area contributed by atoms with Crippen molar-refractivity contribution < 1.29 is 9.34 Å². The van der Waals surface area contributed by atoms with E-state index in [-0.39, 0.29) is 23.2 Å². The first-order valence-corrected chi connectivity index (χ1v) is 6.13. The molecule has 0 spiro atoms. The Hall–Kier alpha value is -3.49. The number of anilines is 2. The molecule has 0 aliphatic carbocycles. The van der Waals surface area contributed by atoms with Gasteiger partial charge in [-0.1, -0.05) is 0 Å². The minimum Gasteiger partial charge on any atom is -0.443 e. The van der Waals surface area contributed by atoms with Crippen LogP contribution in [0.5, 0.6) is 0 Å². The van der Waals surface area contributed by atoms with Crippen LogP contribution >= 0.6 is 0 Å². The second-order valence-corrected chi connectivity index (χ2v) is 4.35. The van der Waals surface area contributed by atoms with Crippen molar-refractivity contribution in [2.24, 2.45) is 0 Å². The summed E-state index contributed by atoms with van der Waals surface area (Å²) in [6.07, 6.45) is 4.31. The predicted molar refractivity (Wildman–Crippen MR) is 78.4 cm³/mol. The lowest BCUT2D eigenvalue weighted by atomic mass is 10.0. The molecular formula is C13H10N6O3. The smallest absolute Gasteiger partial charge is 0.311 e. The van der Waals surface area contributed by atoms with E-state index in [2.05, 4.69) is 15.0 Å². The SMILES string of the molecule is Nc1cc(-c2cc([N+](=O)[O-])c(N)nc2-c2ncco2)ccn1. The molecule has 3 rings (SSSR count). The lowest BCUT2D eigenvalue weighted by Crippen LogP contribution is -2.02. The maximum absolute atomic E-state index is 11.1. The summed E-state index contributed by atoms with van der Waals surface area (Å²) < 4.78 is 5.22. The Kier molecular flexibility index (Phi) is 3.14. The number of pyridine rings is 2. The highest BCUT2D eigenvalue weighted by atomic mass is 16.6. The van der Waals surface area contributed by atoms with Crippen LogP contribution in [0.15, 0.2) is 41.3 Å². The molecule has 0 fully saturated rings. The van der Waals surface area contributed by atoms with Crippen molar-refractivity contribution in [3.8, 4) is 22.7 Å². The van der Waals surface area contributed by atoms with Crippen molar-refractivity contribution in [2.75, 3.05) is 11.5 Å². The van der Waals surface area contributed by atoms with Gasteiger partial charge >= 0.3 is 5.69 Å². The number of hydrogen-bond donors (Lipinski definition) is 2. The second-order valence-electron chi connectivity index (χ2n) is 4.35. The maximum Gasteiger partial charge on any atom is 0.311 e. The number of rotatable bonds is 3. The lowest BCUT2D eigenvalue weighted by Gasteiger charge is -2.08. The largest absolute Gasteiger partial charge is 0.443 e. The van der Waals surface area contributed by atoms with Gasteiger partial charge in [0.05, 0.1) is 11.1 Å². The molecule has 0 amide bonds. The van der Waals surface area contributed by atoms with E-state index in [1.807, 2.05) is 0 Å². The highest BCUT2D eigenvalue weighted by Gasteiger charge is 2.22. The standard InChI is InChI=1S/C13H10N6O3/c14-10-5-7(1-2-16-10)8-6-9(19(20)21)12(15)18-11(8)13-17-3-4-22-13/h1-6H,(H2,14,16)(H2,15,18). The van der Waals surface area contributed by atoms with Gasteiger partial charge in [-0.15, -0.1) is 0 Å². The maximum atomic E-state index is 11.1. The summed E-state index contributed by atoms with van der Waals surface area (Å²) in [5.74, 6) is 0.256. The Balaban J connectivity index is 2.30. The summed E-state index contributed by atoms with van der Waals surface area (Å²) in [7, 11) is 0. The van der Waals surface area contributed by atoms with Gasteiger partial charge in [0.15, 0.2) is 0 Å². The van der Waals surface area contributed by atoms with Gasteiger partial charge < -0.3 is 15.9 Å². The number of oxazole rings is 1. The zero-order chi connectivity index (χ0) is 15.7. The van der Waals surface area contributed by atoms with Gasteiger partial charge in [-0.25, -0.2) is 15.0 Å². The van der Waals surface area contributed by atoms with Crippen LogP contribution in [0.2, 0.25) is 0 Å². The van der Waals surface area contributed by atoms with Gasteiger partial charge in [-0.3, -0.25) is 10.1 Å². The Bertz CT molecular complexity index is 847. The summed E-state index contributed by atoms with van der Waals surface area (Å²) in [4.78, 5) is 22.4. The quantitative estimate of drug-likeness (QED) is 0.550. The molecule has 0 saturated carbocycles. The van der Waals surface area contributed by atoms with E-state index in [9.17, 15) is 10.1 Å². The normalized spacial score (nSPS) is 10.5. The number of nitrogens with zero attached hydrogens (tertiary/aromatic N) is 4. The van der Waals surface area contributed by atoms with Crippen LogP contribution in [0, 0.1) is 10.1 Å². The Morgan fingerprint density at radius 1 is 1.18 bits per heavy atom. The van der Waals surface area contributed by atoms with Gasteiger partial charge in [0.1, 0.15) is 17.8 Å². The molecule has 4 N–H and O–H groups in total. The van der Waals surface area contributed by atoms with E-state index in [1.165, 1.54) is 24.7 Å². The third-order valence-electron chi connectivity index (χ3n) is 2.95. The fourth-order valence-electron chi connectivity index (χ4n) is 2.00. The third kappa shape index (κ3) is 2.30. The fraction of sp³-hybridized carbons (Fsp3) is 0. The van der Waals surface area contributed by atoms with Gasteiger partial charge in [-0.05, 0) is 17.7 Å². The summed E-state index contributed by atoms with van der Waals surface area (Å²) in [6, 6.07) is 4.54. The van der Waals surface area contributed by atoms with Gasteiger partial charge in [0.25, 0.3) is 0 Å². The topological polar surface area (TPSA) is 147 Å². The van der Waals surface area contributed by atoms with Crippen LogP contribution in [0.4, 0.5) is 17.3 Å². The molecule has 3 aromatic heterocycles. The van der Waals surface area contributed by atoms with E-state index in [0.29, 0.717) is 16.8 Å². The first-order chi connectivity index (χ1) is 10.6. The van der Waals surface area contributed by atoms with E-state index >= 15 is 0 Å². The Labute approximate surface area is 123 Å². The van der Waals surface area contributed by atoms with E-state index in [0.717, 1.165) is 0 Å². The third-order valence-corrected chi connectivity index (χ3v) is 2.95. The molecule has 0 bridgehead atoms. The molecule has 0 unspecified atom stereocenters. The molecule has 9 nitrogen and oxygen atoms in total. The molecule has 0 aliphatic rings. The van der Waals surface area contributed by atoms with Crippen molar-refractivity contribution in [3.05, 3.63) is 47.0 Å². The number of nitrogens with two attached hydrogens (primary N) is 2. The minimum absolute atomic E-state index is 0.201. The molecule has 0 aromatic carbocycles. The summed E-state index contributed by atoms with van der Waals surface area (Å²) >= 11 is 0. The highest BCUT2D eigenvalue weighted by Crippen LogP contribution is 2.35.